The number of rotatable bonds is 6. The Labute approximate surface area is 242 Å². The van der Waals surface area contributed by atoms with Crippen molar-refractivity contribution in [1.82, 2.24) is 20.2 Å². The highest BCUT2D eigenvalue weighted by molar-refractivity contribution is 6.34. The molecule has 0 saturated carbocycles. The summed E-state index contributed by atoms with van der Waals surface area (Å²) in [5, 5.41) is 13.2. The van der Waals surface area contributed by atoms with Gasteiger partial charge in [0.05, 0.1) is 16.8 Å². The number of imide groups is 1. The number of benzene rings is 5. The number of fused-ring (bicyclic) bond motifs is 1. The molecular formula is C35H25N5O2. The predicted octanol–water partition coefficient (Wildman–Crippen LogP) is 6.29. The van der Waals surface area contributed by atoms with Gasteiger partial charge in [-0.1, -0.05) is 103 Å². The monoisotopic (exact) mass is 547 g/mol. The van der Waals surface area contributed by atoms with Crippen molar-refractivity contribution in [2.75, 3.05) is 4.90 Å². The molecular weight excluding hydrogens is 522 g/mol. The van der Waals surface area contributed by atoms with Crippen molar-refractivity contribution in [3.05, 3.63) is 167 Å². The Morgan fingerprint density at radius 3 is 1.67 bits per heavy atom. The molecule has 7 nitrogen and oxygen atoms in total. The zero-order valence-corrected chi connectivity index (χ0v) is 22.8. The van der Waals surface area contributed by atoms with E-state index >= 15 is 0 Å². The van der Waals surface area contributed by atoms with Crippen LogP contribution in [0.2, 0.25) is 0 Å². The molecule has 6 aromatic rings. The van der Waals surface area contributed by atoms with Crippen LogP contribution < -0.4 is 4.90 Å². The quantitative estimate of drug-likeness (QED) is 0.181. The molecule has 0 saturated heterocycles. The van der Waals surface area contributed by atoms with Crippen LogP contribution in [0.1, 0.15) is 43.0 Å². The fraction of sp³-hybridized carbons (Fsp3) is 0.0571. The minimum absolute atomic E-state index is 0.326. The number of tetrazole rings is 1. The number of anilines is 1. The summed E-state index contributed by atoms with van der Waals surface area (Å²) in [5.74, 6) is -0.118. The van der Waals surface area contributed by atoms with E-state index in [0.717, 1.165) is 27.8 Å². The second-order valence-corrected chi connectivity index (χ2v) is 10.3. The molecule has 7 heteroatoms. The number of carbonyl (C=O) groups is 2. The maximum absolute atomic E-state index is 13.2. The number of carbonyl (C=O) groups excluding carboxylic acids is 2. The topological polar surface area (TPSA) is 81.0 Å². The van der Waals surface area contributed by atoms with Crippen molar-refractivity contribution in [2.24, 2.45) is 0 Å². The number of nitrogens with zero attached hydrogens (tertiary/aromatic N) is 5. The highest BCUT2D eigenvalue weighted by Crippen LogP contribution is 2.42. The Bertz CT molecular complexity index is 1820. The van der Waals surface area contributed by atoms with Crippen LogP contribution in [-0.2, 0) is 5.54 Å². The van der Waals surface area contributed by atoms with E-state index in [0.29, 0.717) is 22.6 Å². The van der Waals surface area contributed by atoms with Crippen molar-refractivity contribution >= 4 is 17.5 Å². The summed E-state index contributed by atoms with van der Waals surface area (Å²) >= 11 is 0. The second kappa shape index (κ2) is 10.1. The molecule has 2 heterocycles. The van der Waals surface area contributed by atoms with Crippen molar-refractivity contribution in [2.45, 2.75) is 12.5 Å². The fourth-order valence-corrected chi connectivity index (χ4v) is 5.85. The summed E-state index contributed by atoms with van der Waals surface area (Å²) in [6.07, 6.45) is 0. The molecule has 202 valence electrons. The summed E-state index contributed by atoms with van der Waals surface area (Å²) in [6, 6.07) is 43.1. The first-order valence-electron chi connectivity index (χ1n) is 13.6. The van der Waals surface area contributed by atoms with Crippen LogP contribution in [0.3, 0.4) is 0 Å². The molecule has 0 fully saturated rings. The van der Waals surface area contributed by atoms with Gasteiger partial charge in [0.25, 0.3) is 11.8 Å². The zero-order chi connectivity index (χ0) is 28.7. The van der Waals surface area contributed by atoms with Gasteiger partial charge >= 0.3 is 0 Å². The Hall–Kier alpha value is -5.69. The summed E-state index contributed by atoms with van der Waals surface area (Å²) in [6.45, 7) is 1.90. The molecule has 2 amide bonds. The molecule has 7 rings (SSSR count). The lowest BCUT2D eigenvalue weighted by Gasteiger charge is -2.36. The molecule has 1 aliphatic heterocycles. The lowest BCUT2D eigenvalue weighted by molar-refractivity contribution is 0.0926. The first-order chi connectivity index (χ1) is 20.6. The van der Waals surface area contributed by atoms with Gasteiger partial charge in [-0.3, -0.25) is 9.59 Å². The largest absolute Gasteiger partial charge is 0.268 e. The molecule has 42 heavy (non-hydrogen) atoms. The van der Waals surface area contributed by atoms with E-state index in [4.69, 9.17) is 0 Å². The smallest absolute Gasteiger partial charge is 0.266 e. The van der Waals surface area contributed by atoms with Crippen LogP contribution in [-0.4, -0.2) is 32.0 Å². The van der Waals surface area contributed by atoms with E-state index in [1.807, 2.05) is 84.4 Å². The van der Waals surface area contributed by atoms with E-state index in [-0.39, 0.29) is 11.8 Å². The van der Waals surface area contributed by atoms with Crippen LogP contribution in [0, 0.1) is 6.92 Å². The maximum Gasteiger partial charge on any atom is 0.266 e. The third kappa shape index (κ3) is 3.86. The number of hydrogen-bond acceptors (Lipinski definition) is 5. The third-order valence-corrected chi connectivity index (χ3v) is 7.79. The van der Waals surface area contributed by atoms with Crippen LogP contribution in [0.15, 0.2) is 133 Å². The SMILES string of the molecule is Cc1ccc2c(c1)C(=O)N(c1ccc(-c3nnnn3C(c3ccccc3)(c3ccccc3)c3ccccc3)cc1)C2=O. The maximum atomic E-state index is 13.2. The standard InChI is InChI=1S/C35H25N5O2/c1-24-17-22-30-31(23-24)34(42)39(33(30)41)29-20-18-25(19-21-29)32-36-37-38-40(32)35(26-11-5-2-6-12-26,27-13-7-3-8-14-27)28-15-9-4-10-16-28/h2-23H,1H3. The molecule has 0 atom stereocenters. The molecule has 0 N–H and O–H groups in total. The molecule has 1 aromatic heterocycles. The molecule has 0 radical (unpaired) electrons. The fourth-order valence-electron chi connectivity index (χ4n) is 5.85. The van der Waals surface area contributed by atoms with Gasteiger partial charge in [0.1, 0.15) is 5.54 Å². The number of hydrogen-bond donors (Lipinski definition) is 0. The minimum Gasteiger partial charge on any atom is -0.268 e. The molecule has 5 aromatic carbocycles. The zero-order valence-electron chi connectivity index (χ0n) is 22.8. The average Bonchev–Trinajstić information content (AvgIpc) is 3.62. The Morgan fingerprint density at radius 2 is 1.12 bits per heavy atom. The highest BCUT2D eigenvalue weighted by atomic mass is 16.2. The van der Waals surface area contributed by atoms with Crippen LogP contribution in [0.4, 0.5) is 5.69 Å². The number of aryl methyl sites for hydroxylation is 1. The molecule has 0 unspecified atom stereocenters. The van der Waals surface area contributed by atoms with Gasteiger partial charge in [-0.15, -0.1) is 5.10 Å². The van der Waals surface area contributed by atoms with E-state index < -0.39 is 5.54 Å². The Kier molecular flexibility index (Phi) is 6.05. The summed E-state index contributed by atoms with van der Waals surface area (Å²) in [4.78, 5) is 27.6. The Balaban J connectivity index is 1.37. The average molecular weight is 548 g/mol. The molecule has 1 aliphatic rings. The summed E-state index contributed by atoms with van der Waals surface area (Å²) < 4.78 is 1.85. The lowest BCUT2D eigenvalue weighted by atomic mass is 9.77. The van der Waals surface area contributed by atoms with E-state index in [2.05, 4.69) is 51.9 Å². The van der Waals surface area contributed by atoms with Gasteiger partial charge in [0, 0.05) is 5.56 Å². The third-order valence-electron chi connectivity index (χ3n) is 7.79. The van der Waals surface area contributed by atoms with Crippen LogP contribution in [0.5, 0.6) is 0 Å². The van der Waals surface area contributed by atoms with Gasteiger partial charge in [-0.05, 0) is 70.4 Å². The van der Waals surface area contributed by atoms with E-state index in [1.54, 1.807) is 24.3 Å². The van der Waals surface area contributed by atoms with Gasteiger partial charge < -0.3 is 0 Å². The predicted molar refractivity (Wildman–Crippen MR) is 160 cm³/mol. The first kappa shape index (κ1) is 25.3. The van der Waals surface area contributed by atoms with Gasteiger partial charge in [-0.25, -0.2) is 9.58 Å². The van der Waals surface area contributed by atoms with Crippen LogP contribution >= 0.6 is 0 Å². The van der Waals surface area contributed by atoms with Crippen molar-refractivity contribution in [3.8, 4) is 11.4 Å². The second-order valence-electron chi connectivity index (χ2n) is 10.3. The van der Waals surface area contributed by atoms with Gasteiger partial charge in [0.15, 0.2) is 5.82 Å². The van der Waals surface area contributed by atoms with E-state index in [9.17, 15) is 9.59 Å². The Morgan fingerprint density at radius 1 is 0.595 bits per heavy atom. The number of amides is 2. The minimum atomic E-state index is -0.887. The van der Waals surface area contributed by atoms with Crippen molar-refractivity contribution in [1.29, 1.82) is 0 Å². The van der Waals surface area contributed by atoms with Crippen molar-refractivity contribution < 1.29 is 9.59 Å². The van der Waals surface area contributed by atoms with Crippen molar-refractivity contribution in [3.63, 3.8) is 0 Å². The molecule has 0 spiro atoms. The van der Waals surface area contributed by atoms with Crippen LogP contribution in [0.25, 0.3) is 11.4 Å². The summed E-state index contributed by atoms with van der Waals surface area (Å²) in [7, 11) is 0. The highest BCUT2D eigenvalue weighted by Gasteiger charge is 2.42. The normalized spacial score (nSPS) is 12.9. The lowest BCUT2D eigenvalue weighted by Crippen LogP contribution is -2.39. The molecule has 0 bridgehead atoms. The van der Waals surface area contributed by atoms with Gasteiger partial charge in [0.2, 0.25) is 0 Å². The summed E-state index contributed by atoms with van der Waals surface area (Å²) in [5.41, 5.74) is 5.09. The number of aromatic nitrogens is 4. The van der Waals surface area contributed by atoms with E-state index in [1.165, 1.54) is 4.90 Å². The molecule has 0 aliphatic carbocycles. The first-order valence-corrected chi connectivity index (χ1v) is 13.6. The van der Waals surface area contributed by atoms with Gasteiger partial charge in [-0.2, -0.15) is 0 Å².